The molecule has 13 heavy (non-hydrogen) atoms. The molecular weight excluding hydrogens is 180 g/mol. The summed E-state index contributed by atoms with van der Waals surface area (Å²) in [5.41, 5.74) is 0.196. The molecule has 0 radical (unpaired) electrons. The summed E-state index contributed by atoms with van der Waals surface area (Å²) in [7, 11) is 0. The van der Waals surface area contributed by atoms with E-state index in [1.165, 1.54) is 11.5 Å². The zero-order valence-corrected chi connectivity index (χ0v) is 10.1. The van der Waals surface area contributed by atoms with E-state index >= 15 is 0 Å². The van der Waals surface area contributed by atoms with Gasteiger partial charge in [-0.05, 0) is 11.5 Å². The van der Waals surface area contributed by atoms with Gasteiger partial charge in [-0.2, -0.15) is 4.37 Å². The minimum Gasteiger partial charge on any atom is -0.223 e. The standard InChI is InChI=1S/C10H18N2S/c1-9(2,3)7-11-8(13-12-7)10(4,5)6/h1-6H3. The lowest BCUT2D eigenvalue weighted by atomic mass is 9.95. The first kappa shape index (κ1) is 10.6. The van der Waals surface area contributed by atoms with Gasteiger partial charge in [0, 0.05) is 10.8 Å². The van der Waals surface area contributed by atoms with E-state index in [1.807, 2.05) is 0 Å². The van der Waals surface area contributed by atoms with Crippen LogP contribution < -0.4 is 0 Å². The molecule has 1 aromatic rings. The van der Waals surface area contributed by atoms with Crippen molar-refractivity contribution in [2.45, 2.75) is 52.4 Å². The Bertz CT molecular complexity index is 260. The van der Waals surface area contributed by atoms with Crippen LogP contribution in [-0.2, 0) is 10.8 Å². The van der Waals surface area contributed by atoms with Gasteiger partial charge in [0.05, 0.1) is 0 Å². The fraction of sp³-hybridized carbons (Fsp3) is 0.800. The first-order valence-corrected chi connectivity index (χ1v) is 5.33. The second kappa shape index (κ2) is 3.05. The minimum absolute atomic E-state index is 0.0694. The molecule has 3 heteroatoms. The van der Waals surface area contributed by atoms with Crippen LogP contribution in [0.1, 0.15) is 52.4 Å². The van der Waals surface area contributed by atoms with Gasteiger partial charge in [-0.1, -0.05) is 41.5 Å². The van der Waals surface area contributed by atoms with Crippen LogP contribution in [0.15, 0.2) is 0 Å². The van der Waals surface area contributed by atoms with Gasteiger partial charge in [0.2, 0.25) is 0 Å². The zero-order chi connectivity index (χ0) is 10.3. The third kappa shape index (κ3) is 2.50. The van der Waals surface area contributed by atoms with Gasteiger partial charge in [-0.15, -0.1) is 0 Å². The molecule has 2 nitrogen and oxygen atoms in total. The molecule has 0 fully saturated rings. The Morgan fingerprint density at radius 2 is 1.46 bits per heavy atom. The topological polar surface area (TPSA) is 25.8 Å². The monoisotopic (exact) mass is 198 g/mol. The highest BCUT2D eigenvalue weighted by Crippen LogP contribution is 2.27. The summed E-state index contributed by atoms with van der Waals surface area (Å²) in [5, 5.41) is 1.12. The van der Waals surface area contributed by atoms with Crippen molar-refractivity contribution in [3.63, 3.8) is 0 Å². The minimum atomic E-state index is 0.0694. The van der Waals surface area contributed by atoms with Gasteiger partial charge < -0.3 is 0 Å². The molecule has 0 amide bonds. The quantitative estimate of drug-likeness (QED) is 0.640. The van der Waals surface area contributed by atoms with Gasteiger partial charge in [0.15, 0.2) is 0 Å². The third-order valence-corrected chi connectivity index (χ3v) is 2.88. The van der Waals surface area contributed by atoms with Gasteiger partial charge >= 0.3 is 0 Å². The molecule has 1 heterocycles. The Balaban J connectivity index is 3.01. The molecule has 1 rings (SSSR count). The SMILES string of the molecule is CC(C)(C)c1nsc(C(C)(C)C)n1. The molecule has 0 aromatic carbocycles. The molecule has 0 aliphatic heterocycles. The Labute approximate surface area is 84.6 Å². The van der Waals surface area contributed by atoms with Crippen molar-refractivity contribution in [3.05, 3.63) is 10.8 Å². The number of aromatic nitrogens is 2. The van der Waals surface area contributed by atoms with E-state index in [4.69, 9.17) is 0 Å². The molecule has 0 saturated carbocycles. The largest absolute Gasteiger partial charge is 0.223 e. The van der Waals surface area contributed by atoms with Crippen LogP contribution in [0.3, 0.4) is 0 Å². The summed E-state index contributed by atoms with van der Waals surface area (Å²) in [6.07, 6.45) is 0. The van der Waals surface area contributed by atoms with Gasteiger partial charge in [-0.25, -0.2) is 4.98 Å². The van der Waals surface area contributed by atoms with Crippen molar-refractivity contribution in [2.24, 2.45) is 0 Å². The maximum Gasteiger partial charge on any atom is 0.147 e. The molecule has 1 aromatic heterocycles. The fourth-order valence-corrected chi connectivity index (χ4v) is 1.72. The smallest absolute Gasteiger partial charge is 0.147 e. The van der Waals surface area contributed by atoms with E-state index in [0.717, 1.165) is 10.8 Å². The molecule has 0 atom stereocenters. The summed E-state index contributed by atoms with van der Waals surface area (Å²) >= 11 is 1.52. The normalized spacial score (nSPS) is 13.4. The summed E-state index contributed by atoms with van der Waals surface area (Å²) in [5.74, 6) is 0.961. The summed E-state index contributed by atoms with van der Waals surface area (Å²) < 4.78 is 4.38. The Kier molecular flexibility index (Phi) is 2.50. The summed E-state index contributed by atoms with van der Waals surface area (Å²) in [6.45, 7) is 12.9. The van der Waals surface area contributed by atoms with Gasteiger partial charge in [0.25, 0.3) is 0 Å². The predicted octanol–water partition coefficient (Wildman–Crippen LogP) is 3.13. The molecule has 0 saturated heterocycles. The molecular formula is C10H18N2S. The Hall–Kier alpha value is -0.440. The number of hydrogen-bond acceptors (Lipinski definition) is 3. The molecule has 0 aliphatic rings. The van der Waals surface area contributed by atoms with E-state index in [1.54, 1.807) is 0 Å². The highest BCUT2D eigenvalue weighted by atomic mass is 32.1. The van der Waals surface area contributed by atoms with Crippen molar-refractivity contribution < 1.29 is 0 Å². The van der Waals surface area contributed by atoms with Crippen LogP contribution in [0.4, 0.5) is 0 Å². The maximum absolute atomic E-state index is 4.56. The highest BCUT2D eigenvalue weighted by molar-refractivity contribution is 7.05. The molecule has 0 spiro atoms. The lowest BCUT2D eigenvalue weighted by molar-refractivity contribution is 0.535. The lowest BCUT2D eigenvalue weighted by Gasteiger charge is -2.15. The molecule has 0 unspecified atom stereocenters. The van der Waals surface area contributed by atoms with Crippen molar-refractivity contribution in [1.82, 2.24) is 9.36 Å². The molecule has 74 valence electrons. The third-order valence-electron chi connectivity index (χ3n) is 1.74. The van der Waals surface area contributed by atoms with E-state index < -0.39 is 0 Å². The summed E-state index contributed by atoms with van der Waals surface area (Å²) in [4.78, 5) is 4.56. The Morgan fingerprint density at radius 3 is 1.69 bits per heavy atom. The van der Waals surface area contributed by atoms with Crippen LogP contribution in [-0.4, -0.2) is 9.36 Å². The molecule has 0 aliphatic carbocycles. The van der Waals surface area contributed by atoms with Crippen LogP contribution in [0, 0.1) is 0 Å². The first-order chi connectivity index (χ1) is 5.71. The number of rotatable bonds is 0. The lowest BCUT2D eigenvalue weighted by Crippen LogP contribution is -2.15. The average molecular weight is 198 g/mol. The summed E-state index contributed by atoms with van der Waals surface area (Å²) in [6, 6.07) is 0. The predicted molar refractivity (Wildman–Crippen MR) is 57.3 cm³/mol. The maximum atomic E-state index is 4.56. The second-order valence-corrected chi connectivity index (χ2v) is 6.17. The second-order valence-electron chi connectivity index (χ2n) is 5.42. The van der Waals surface area contributed by atoms with Gasteiger partial charge in [0.1, 0.15) is 10.8 Å². The zero-order valence-electron chi connectivity index (χ0n) is 9.30. The van der Waals surface area contributed by atoms with Crippen molar-refractivity contribution in [3.8, 4) is 0 Å². The van der Waals surface area contributed by atoms with E-state index in [-0.39, 0.29) is 10.8 Å². The number of hydrogen-bond donors (Lipinski definition) is 0. The average Bonchev–Trinajstić information content (AvgIpc) is 2.28. The highest BCUT2D eigenvalue weighted by Gasteiger charge is 2.24. The van der Waals surface area contributed by atoms with Gasteiger partial charge in [-0.3, -0.25) is 0 Å². The van der Waals surface area contributed by atoms with E-state index in [9.17, 15) is 0 Å². The van der Waals surface area contributed by atoms with Crippen LogP contribution in [0.5, 0.6) is 0 Å². The van der Waals surface area contributed by atoms with Crippen molar-refractivity contribution in [1.29, 1.82) is 0 Å². The van der Waals surface area contributed by atoms with E-state index in [2.05, 4.69) is 50.9 Å². The van der Waals surface area contributed by atoms with Crippen LogP contribution >= 0.6 is 11.5 Å². The van der Waals surface area contributed by atoms with Crippen molar-refractivity contribution in [2.75, 3.05) is 0 Å². The molecule has 0 bridgehead atoms. The van der Waals surface area contributed by atoms with E-state index in [0.29, 0.717) is 0 Å². The van der Waals surface area contributed by atoms with Crippen LogP contribution in [0.25, 0.3) is 0 Å². The number of nitrogens with zero attached hydrogens (tertiary/aromatic N) is 2. The fourth-order valence-electron chi connectivity index (χ4n) is 0.833. The van der Waals surface area contributed by atoms with Crippen molar-refractivity contribution >= 4 is 11.5 Å². The Morgan fingerprint density at radius 1 is 0.923 bits per heavy atom. The van der Waals surface area contributed by atoms with Crippen LogP contribution in [0.2, 0.25) is 0 Å². The molecule has 0 N–H and O–H groups in total. The first-order valence-electron chi connectivity index (χ1n) is 4.56.